The molecule has 0 radical (unpaired) electrons. The highest BCUT2D eigenvalue weighted by atomic mass is 16.4. The topological polar surface area (TPSA) is 49.3 Å². The molecule has 1 saturated carbocycles. The number of rotatable bonds is 1. The van der Waals surface area contributed by atoms with Crippen LogP contribution < -0.4 is 5.32 Å². The number of fused-ring (bicyclic) bond motifs is 1. The third-order valence-corrected chi connectivity index (χ3v) is 2.55. The summed E-state index contributed by atoms with van der Waals surface area (Å²) in [7, 11) is 0. The second-order valence-corrected chi connectivity index (χ2v) is 3.15. The Morgan fingerprint density at radius 2 is 2.40 bits per heavy atom. The largest absolute Gasteiger partial charge is 0.481 e. The van der Waals surface area contributed by atoms with Crippen LogP contribution in [0.5, 0.6) is 0 Å². The molecule has 3 atom stereocenters. The van der Waals surface area contributed by atoms with Crippen molar-refractivity contribution in [2.75, 3.05) is 6.54 Å². The molecular formula is C7H11NO2. The molecule has 0 bridgehead atoms. The average molecular weight is 141 g/mol. The van der Waals surface area contributed by atoms with Crippen molar-refractivity contribution in [2.45, 2.75) is 18.9 Å². The molecule has 0 aromatic heterocycles. The summed E-state index contributed by atoms with van der Waals surface area (Å²) in [6.07, 6.45) is 2.25. The Balaban J connectivity index is 1.99. The second kappa shape index (κ2) is 1.95. The lowest BCUT2D eigenvalue weighted by Crippen LogP contribution is -2.25. The second-order valence-electron chi connectivity index (χ2n) is 3.15. The Bertz CT molecular complexity index is 157. The average Bonchev–Trinajstić information content (AvgIpc) is 2.60. The summed E-state index contributed by atoms with van der Waals surface area (Å²) in [5.41, 5.74) is 0. The molecule has 1 aliphatic carbocycles. The van der Waals surface area contributed by atoms with Crippen LogP contribution in [0.3, 0.4) is 0 Å². The summed E-state index contributed by atoms with van der Waals surface area (Å²) >= 11 is 0. The van der Waals surface area contributed by atoms with E-state index < -0.39 is 5.97 Å². The van der Waals surface area contributed by atoms with E-state index in [2.05, 4.69) is 5.32 Å². The summed E-state index contributed by atoms with van der Waals surface area (Å²) in [4.78, 5) is 10.5. The molecule has 0 amide bonds. The van der Waals surface area contributed by atoms with E-state index in [1.165, 1.54) is 0 Å². The number of carbonyl (C=O) groups is 1. The van der Waals surface area contributed by atoms with Crippen molar-refractivity contribution in [3.8, 4) is 0 Å². The molecule has 3 unspecified atom stereocenters. The Morgan fingerprint density at radius 1 is 1.60 bits per heavy atom. The van der Waals surface area contributed by atoms with Gasteiger partial charge in [-0.05, 0) is 25.3 Å². The first-order valence-corrected chi connectivity index (χ1v) is 3.77. The zero-order chi connectivity index (χ0) is 7.14. The van der Waals surface area contributed by atoms with Crippen LogP contribution in [0.15, 0.2) is 0 Å². The molecule has 1 heterocycles. The van der Waals surface area contributed by atoms with Gasteiger partial charge in [-0.1, -0.05) is 0 Å². The standard InChI is InChI=1S/C7H11NO2/c9-7(10)5-4-2-1-3-8-6(4)5/h4-6,8H,1-3H2,(H,9,10). The first kappa shape index (κ1) is 6.16. The summed E-state index contributed by atoms with van der Waals surface area (Å²) in [6.45, 7) is 1.00. The maximum Gasteiger partial charge on any atom is 0.308 e. The van der Waals surface area contributed by atoms with E-state index in [0.29, 0.717) is 12.0 Å². The number of carboxylic acid groups (broad SMARTS) is 1. The van der Waals surface area contributed by atoms with Crippen molar-refractivity contribution in [1.82, 2.24) is 5.32 Å². The fourth-order valence-electron chi connectivity index (χ4n) is 1.95. The van der Waals surface area contributed by atoms with Gasteiger partial charge in [-0.2, -0.15) is 0 Å². The Hall–Kier alpha value is -0.570. The first-order valence-electron chi connectivity index (χ1n) is 3.77. The van der Waals surface area contributed by atoms with Gasteiger partial charge in [-0.3, -0.25) is 4.79 Å². The summed E-state index contributed by atoms with van der Waals surface area (Å²) in [6, 6.07) is 0.311. The molecule has 2 rings (SSSR count). The smallest absolute Gasteiger partial charge is 0.308 e. The number of carboxylic acids is 1. The quantitative estimate of drug-likeness (QED) is 0.543. The summed E-state index contributed by atoms with van der Waals surface area (Å²) < 4.78 is 0. The minimum absolute atomic E-state index is 0.0671. The van der Waals surface area contributed by atoms with E-state index in [1.54, 1.807) is 0 Å². The van der Waals surface area contributed by atoms with E-state index in [-0.39, 0.29) is 5.92 Å². The number of hydrogen-bond donors (Lipinski definition) is 2. The Morgan fingerprint density at radius 3 is 2.90 bits per heavy atom. The lowest BCUT2D eigenvalue weighted by molar-refractivity contribution is -0.139. The van der Waals surface area contributed by atoms with Gasteiger partial charge in [0.15, 0.2) is 0 Å². The van der Waals surface area contributed by atoms with Gasteiger partial charge in [0, 0.05) is 6.04 Å². The number of nitrogens with one attached hydrogen (secondary N) is 1. The Kier molecular flexibility index (Phi) is 1.20. The van der Waals surface area contributed by atoms with Gasteiger partial charge in [0.2, 0.25) is 0 Å². The molecule has 3 heteroatoms. The van der Waals surface area contributed by atoms with E-state index >= 15 is 0 Å². The molecule has 2 N–H and O–H groups in total. The highest BCUT2D eigenvalue weighted by Crippen LogP contribution is 2.44. The van der Waals surface area contributed by atoms with Crippen LogP contribution in [0.4, 0.5) is 0 Å². The number of aliphatic carboxylic acids is 1. The van der Waals surface area contributed by atoms with Crippen LogP contribution in [0.1, 0.15) is 12.8 Å². The minimum atomic E-state index is -0.621. The highest BCUT2D eigenvalue weighted by molar-refractivity contribution is 5.75. The van der Waals surface area contributed by atoms with E-state index in [4.69, 9.17) is 5.11 Å². The Labute approximate surface area is 59.4 Å². The third kappa shape index (κ3) is 0.736. The summed E-state index contributed by atoms with van der Waals surface area (Å²) in [5.74, 6) is -0.238. The fraction of sp³-hybridized carbons (Fsp3) is 0.857. The normalized spacial score (nSPS) is 44.2. The van der Waals surface area contributed by atoms with Gasteiger partial charge in [0.1, 0.15) is 0 Å². The lowest BCUT2D eigenvalue weighted by atomic mass is 10.1. The van der Waals surface area contributed by atoms with Crippen LogP contribution in [0, 0.1) is 11.8 Å². The van der Waals surface area contributed by atoms with Gasteiger partial charge in [0.05, 0.1) is 5.92 Å². The van der Waals surface area contributed by atoms with Gasteiger partial charge < -0.3 is 10.4 Å². The molecule has 2 aliphatic rings. The molecular weight excluding hydrogens is 130 g/mol. The highest BCUT2D eigenvalue weighted by Gasteiger charge is 2.55. The lowest BCUT2D eigenvalue weighted by Gasteiger charge is -2.07. The predicted molar refractivity (Wildman–Crippen MR) is 35.6 cm³/mol. The molecule has 56 valence electrons. The van der Waals surface area contributed by atoms with E-state index in [0.717, 1.165) is 19.4 Å². The van der Waals surface area contributed by atoms with E-state index in [1.807, 2.05) is 0 Å². The van der Waals surface area contributed by atoms with Gasteiger partial charge in [0.25, 0.3) is 0 Å². The fourth-order valence-corrected chi connectivity index (χ4v) is 1.95. The minimum Gasteiger partial charge on any atom is -0.481 e. The van der Waals surface area contributed by atoms with Crippen LogP contribution >= 0.6 is 0 Å². The predicted octanol–water partition coefficient (Wildman–Crippen LogP) is 0.0690. The monoisotopic (exact) mass is 141 g/mol. The summed E-state index contributed by atoms with van der Waals surface area (Å²) in [5, 5.41) is 11.9. The molecule has 1 saturated heterocycles. The zero-order valence-corrected chi connectivity index (χ0v) is 5.71. The van der Waals surface area contributed by atoms with Gasteiger partial charge in [-0.25, -0.2) is 0 Å². The van der Waals surface area contributed by atoms with Crippen molar-refractivity contribution >= 4 is 5.97 Å². The van der Waals surface area contributed by atoms with Crippen LogP contribution in [-0.4, -0.2) is 23.7 Å². The maximum atomic E-state index is 10.5. The SMILES string of the molecule is O=C(O)C1C2CCCNC21. The van der Waals surface area contributed by atoms with Crippen LogP contribution in [0.2, 0.25) is 0 Å². The van der Waals surface area contributed by atoms with Gasteiger partial charge >= 0.3 is 5.97 Å². The molecule has 1 aliphatic heterocycles. The number of piperidine rings is 1. The molecule has 2 fully saturated rings. The van der Waals surface area contributed by atoms with Crippen molar-refractivity contribution in [3.63, 3.8) is 0 Å². The molecule has 0 spiro atoms. The maximum absolute atomic E-state index is 10.5. The van der Waals surface area contributed by atoms with Crippen molar-refractivity contribution in [1.29, 1.82) is 0 Å². The first-order chi connectivity index (χ1) is 4.80. The zero-order valence-electron chi connectivity index (χ0n) is 5.71. The van der Waals surface area contributed by atoms with Gasteiger partial charge in [-0.15, -0.1) is 0 Å². The molecule has 0 aromatic carbocycles. The van der Waals surface area contributed by atoms with Crippen LogP contribution in [-0.2, 0) is 4.79 Å². The number of hydrogen-bond acceptors (Lipinski definition) is 2. The molecule has 10 heavy (non-hydrogen) atoms. The molecule has 3 nitrogen and oxygen atoms in total. The van der Waals surface area contributed by atoms with Crippen molar-refractivity contribution in [3.05, 3.63) is 0 Å². The van der Waals surface area contributed by atoms with Crippen molar-refractivity contribution < 1.29 is 9.90 Å². The third-order valence-electron chi connectivity index (χ3n) is 2.55. The molecule has 0 aromatic rings. The van der Waals surface area contributed by atoms with Crippen molar-refractivity contribution in [2.24, 2.45) is 11.8 Å². The van der Waals surface area contributed by atoms with Crippen LogP contribution in [0.25, 0.3) is 0 Å². The van der Waals surface area contributed by atoms with E-state index in [9.17, 15) is 4.79 Å².